The van der Waals surface area contributed by atoms with Crippen LogP contribution in [-0.4, -0.2) is 0 Å². The van der Waals surface area contributed by atoms with Crippen molar-refractivity contribution < 1.29 is 0 Å². The highest BCUT2D eigenvalue weighted by atomic mass is 14.7. The van der Waals surface area contributed by atoms with Crippen molar-refractivity contribution in [3.63, 3.8) is 0 Å². The van der Waals surface area contributed by atoms with E-state index in [9.17, 15) is 0 Å². The maximum absolute atomic E-state index is 2.61. The van der Waals surface area contributed by atoms with Crippen molar-refractivity contribution in [3.8, 4) is 0 Å². The second-order valence-corrected chi connectivity index (χ2v) is 8.62. The third-order valence-electron chi connectivity index (χ3n) is 7.92. The predicted octanol–water partition coefficient (Wildman–Crippen LogP) is 4.91. The Kier molecular flexibility index (Phi) is 2.34. The van der Waals surface area contributed by atoms with E-state index in [1.165, 1.54) is 25.7 Å². The molecule has 0 N–H and O–H groups in total. The van der Waals surface area contributed by atoms with Gasteiger partial charge in [0.1, 0.15) is 0 Å². The zero-order valence-corrected chi connectivity index (χ0v) is 12.3. The maximum atomic E-state index is 2.61. The lowest BCUT2D eigenvalue weighted by molar-refractivity contribution is 0.0593. The molecule has 19 heavy (non-hydrogen) atoms. The molecule has 0 aromatic carbocycles. The van der Waals surface area contributed by atoms with E-state index in [0.29, 0.717) is 0 Å². The summed E-state index contributed by atoms with van der Waals surface area (Å²) >= 11 is 0. The van der Waals surface area contributed by atoms with Gasteiger partial charge in [-0.2, -0.15) is 0 Å². The molecular weight excluding hydrogens is 228 g/mol. The van der Waals surface area contributed by atoms with Crippen molar-refractivity contribution in [2.45, 2.75) is 51.9 Å². The number of fused-ring (bicyclic) bond motifs is 12. The van der Waals surface area contributed by atoms with Gasteiger partial charge >= 0.3 is 0 Å². The van der Waals surface area contributed by atoms with Crippen molar-refractivity contribution in [2.24, 2.45) is 53.3 Å². The summed E-state index contributed by atoms with van der Waals surface area (Å²) in [5.74, 6) is 9.85. The molecule has 0 saturated heterocycles. The summed E-state index contributed by atoms with van der Waals surface area (Å²) in [6, 6.07) is 0. The fourth-order valence-electron chi connectivity index (χ4n) is 7.52. The highest BCUT2D eigenvalue weighted by molar-refractivity contribution is 5.21. The first-order valence-corrected chi connectivity index (χ1v) is 9.01. The van der Waals surface area contributed by atoms with E-state index in [1.807, 2.05) is 0 Å². The predicted molar refractivity (Wildman–Crippen MR) is 78.5 cm³/mol. The highest BCUT2D eigenvalue weighted by Crippen LogP contribution is 2.70. The smallest absolute Gasteiger partial charge is 0.0194 e. The van der Waals surface area contributed by atoms with Crippen molar-refractivity contribution in [1.29, 1.82) is 0 Å². The first-order chi connectivity index (χ1) is 9.33. The summed E-state index contributed by atoms with van der Waals surface area (Å²) in [7, 11) is 0. The first-order valence-electron chi connectivity index (χ1n) is 9.01. The van der Waals surface area contributed by atoms with E-state index in [4.69, 9.17) is 0 Å². The van der Waals surface area contributed by atoms with Crippen molar-refractivity contribution in [3.05, 3.63) is 12.2 Å². The van der Waals surface area contributed by atoms with Gasteiger partial charge < -0.3 is 0 Å². The fraction of sp³-hybridized carbons (Fsp3) is 0.895. The van der Waals surface area contributed by atoms with Crippen LogP contribution in [0.5, 0.6) is 0 Å². The molecule has 5 aliphatic carbocycles. The second kappa shape index (κ2) is 3.89. The summed E-state index contributed by atoms with van der Waals surface area (Å²) < 4.78 is 0. The third-order valence-corrected chi connectivity index (χ3v) is 7.92. The van der Waals surface area contributed by atoms with Crippen LogP contribution < -0.4 is 0 Å². The number of hydrogen-bond acceptors (Lipinski definition) is 0. The van der Waals surface area contributed by atoms with Gasteiger partial charge in [0.05, 0.1) is 0 Å². The molecular formula is C19H28. The lowest BCUT2D eigenvalue weighted by Crippen LogP contribution is -2.38. The van der Waals surface area contributed by atoms with Crippen LogP contribution in [0, 0.1) is 53.3 Å². The molecule has 5 aliphatic rings. The molecule has 4 saturated carbocycles. The topological polar surface area (TPSA) is 0 Å². The molecule has 0 heterocycles. The first kappa shape index (κ1) is 11.4. The minimum absolute atomic E-state index is 1.01. The Labute approximate surface area is 118 Å². The van der Waals surface area contributed by atoms with E-state index in [-0.39, 0.29) is 0 Å². The normalized spacial score (nSPS) is 61.8. The van der Waals surface area contributed by atoms with Gasteiger partial charge in [-0.25, -0.2) is 0 Å². The number of allylic oxidation sites excluding steroid dienone is 2. The molecule has 0 radical (unpaired) electrons. The molecule has 4 fully saturated rings. The Hall–Kier alpha value is -0.260. The lowest BCUT2D eigenvalue weighted by atomic mass is 9.61. The molecule has 9 unspecified atom stereocenters. The molecule has 0 nitrogen and oxygen atoms in total. The molecule has 5 rings (SSSR count). The molecule has 0 aromatic heterocycles. The van der Waals surface area contributed by atoms with Gasteiger partial charge in [-0.05, 0) is 78.9 Å². The van der Waals surface area contributed by atoms with Crippen molar-refractivity contribution in [1.82, 2.24) is 0 Å². The van der Waals surface area contributed by atoms with Gasteiger partial charge in [0.25, 0.3) is 0 Å². The Balaban J connectivity index is 1.48. The Bertz CT molecular complexity index is 408. The van der Waals surface area contributed by atoms with Gasteiger partial charge in [-0.15, -0.1) is 0 Å². The standard InChI is InChI=1S/C19H28/c1-11-4-2-3-5-14-15(8-11)17-10-16(14)18-12-6-7-13(9-12)19(17)18/h6-7,11-19H,2-5,8-10H2,1H3. The average molecular weight is 256 g/mol. The van der Waals surface area contributed by atoms with E-state index < -0.39 is 0 Å². The van der Waals surface area contributed by atoms with Crippen LogP contribution in [0.1, 0.15) is 51.9 Å². The van der Waals surface area contributed by atoms with Crippen LogP contribution in [0.25, 0.3) is 0 Å². The van der Waals surface area contributed by atoms with Gasteiger partial charge in [0, 0.05) is 0 Å². The van der Waals surface area contributed by atoms with Gasteiger partial charge in [0.2, 0.25) is 0 Å². The maximum Gasteiger partial charge on any atom is -0.0194 e. The highest BCUT2D eigenvalue weighted by Gasteiger charge is 2.63. The summed E-state index contributed by atoms with van der Waals surface area (Å²) in [6.45, 7) is 2.53. The number of hydrogen-bond donors (Lipinski definition) is 0. The van der Waals surface area contributed by atoms with E-state index in [2.05, 4.69) is 19.1 Å². The molecule has 9 atom stereocenters. The van der Waals surface area contributed by atoms with E-state index >= 15 is 0 Å². The summed E-state index contributed by atoms with van der Waals surface area (Å²) in [4.78, 5) is 0. The Morgan fingerprint density at radius 2 is 1.37 bits per heavy atom. The van der Waals surface area contributed by atoms with Gasteiger partial charge in [0.15, 0.2) is 0 Å². The largest absolute Gasteiger partial charge is 0.0848 e. The summed E-state index contributed by atoms with van der Waals surface area (Å²) in [5.41, 5.74) is 0. The van der Waals surface area contributed by atoms with Crippen LogP contribution in [0.4, 0.5) is 0 Å². The fourth-order valence-corrected chi connectivity index (χ4v) is 7.52. The van der Waals surface area contributed by atoms with E-state index in [0.717, 1.165) is 53.3 Å². The summed E-state index contributed by atoms with van der Waals surface area (Å²) in [6.07, 6.45) is 16.1. The zero-order valence-electron chi connectivity index (χ0n) is 12.3. The van der Waals surface area contributed by atoms with Crippen molar-refractivity contribution >= 4 is 0 Å². The minimum Gasteiger partial charge on any atom is -0.0848 e. The van der Waals surface area contributed by atoms with Gasteiger partial charge in [-0.3, -0.25) is 0 Å². The second-order valence-electron chi connectivity index (χ2n) is 8.62. The molecule has 4 bridgehead atoms. The molecule has 0 heteroatoms. The minimum atomic E-state index is 1.01. The zero-order chi connectivity index (χ0) is 12.6. The quantitative estimate of drug-likeness (QED) is 0.427. The molecule has 104 valence electrons. The van der Waals surface area contributed by atoms with Gasteiger partial charge in [-0.1, -0.05) is 38.3 Å². The van der Waals surface area contributed by atoms with Crippen LogP contribution in [-0.2, 0) is 0 Å². The third kappa shape index (κ3) is 1.41. The summed E-state index contributed by atoms with van der Waals surface area (Å²) in [5, 5.41) is 0. The molecule has 0 aromatic rings. The van der Waals surface area contributed by atoms with Crippen LogP contribution in [0.2, 0.25) is 0 Å². The SMILES string of the molecule is CC1CCCCC2C(C1)C1CC2C2C3C=CC(C3)C12. The Morgan fingerprint density at radius 1 is 0.684 bits per heavy atom. The van der Waals surface area contributed by atoms with Crippen LogP contribution in [0.3, 0.4) is 0 Å². The van der Waals surface area contributed by atoms with Crippen LogP contribution in [0.15, 0.2) is 12.2 Å². The molecule has 0 aliphatic heterocycles. The van der Waals surface area contributed by atoms with Crippen LogP contribution >= 0.6 is 0 Å². The monoisotopic (exact) mass is 256 g/mol. The average Bonchev–Trinajstić information content (AvgIpc) is 3.09. The molecule has 0 spiro atoms. The Morgan fingerprint density at radius 3 is 2.16 bits per heavy atom. The molecule has 0 amide bonds. The lowest BCUT2D eigenvalue weighted by Gasteiger charge is -2.44. The number of rotatable bonds is 0. The van der Waals surface area contributed by atoms with E-state index in [1.54, 1.807) is 19.3 Å². The van der Waals surface area contributed by atoms with Crippen molar-refractivity contribution in [2.75, 3.05) is 0 Å².